The van der Waals surface area contributed by atoms with Crippen molar-refractivity contribution in [1.29, 1.82) is 0 Å². The summed E-state index contributed by atoms with van der Waals surface area (Å²) < 4.78 is 1.43. The SMILES string of the molecule is C=c1[nH]n(-c2ccc(C)c(C)c2)c(=O)c1=Cc1cccc([N+](=O)[O-])c1. The van der Waals surface area contributed by atoms with Crippen LogP contribution in [0.1, 0.15) is 16.7 Å². The maximum absolute atomic E-state index is 12.7. The van der Waals surface area contributed by atoms with E-state index in [1.807, 2.05) is 32.0 Å². The van der Waals surface area contributed by atoms with E-state index in [2.05, 4.69) is 11.7 Å². The topological polar surface area (TPSA) is 80.9 Å². The molecule has 1 N–H and O–H groups in total. The van der Waals surface area contributed by atoms with Crippen molar-refractivity contribution >= 4 is 18.3 Å². The number of hydrogen-bond donors (Lipinski definition) is 1. The number of aromatic nitrogens is 2. The van der Waals surface area contributed by atoms with Crippen LogP contribution in [0.25, 0.3) is 18.3 Å². The number of nitrogens with zero attached hydrogens (tertiary/aromatic N) is 2. The molecule has 0 atom stereocenters. The number of non-ortho nitro benzene ring substituents is 1. The fraction of sp³-hybridized carbons (Fsp3) is 0.105. The molecule has 0 saturated carbocycles. The summed E-state index contributed by atoms with van der Waals surface area (Å²) >= 11 is 0. The van der Waals surface area contributed by atoms with Gasteiger partial charge in [-0.2, -0.15) is 0 Å². The molecule has 0 spiro atoms. The number of nitro benzene ring substituents is 1. The molecule has 126 valence electrons. The quantitative estimate of drug-likeness (QED) is 0.586. The van der Waals surface area contributed by atoms with Gasteiger partial charge in [-0.3, -0.25) is 20.0 Å². The molecule has 25 heavy (non-hydrogen) atoms. The predicted molar refractivity (Wildman–Crippen MR) is 97.3 cm³/mol. The van der Waals surface area contributed by atoms with Gasteiger partial charge in [0.25, 0.3) is 11.2 Å². The first-order valence-corrected chi connectivity index (χ1v) is 7.70. The third-order valence-corrected chi connectivity index (χ3v) is 4.15. The molecule has 0 aliphatic rings. The Morgan fingerprint density at radius 3 is 2.60 bits per heavy atom. The Labute approximate surface area is 143 Å². The van der Waals surface area contributed by atoms with E-state index in [0.29, 0.717) is 16.1 Å². The minimum absolute atomic E-state index is 0.0237. The minimum atomic E-state index is -0.465. The fourth-order valence-corrected chi connectivity index (χ4v) is 2.59. The number of nitro groups is 1. The van der Waals surface area contributed by atoms with E-state index in [4.69, 9.17) is 0 Å². The Hall–Kier alpha value is -3.41. The van der Waals surface area contributed by atoms with Crippen molar-refractivity contribution < 1.29 is 4.92 Å². The van der Waals surface area contributed by atoms with Crippen molar-refractivity contribution in [2.24, 2.45) is 0 Å². The van der Waals surface area contributed by atoms with Gasteiger partial charge in [0.2, 0.25) is 0 Å². The number of nitrogens with one attached hydrogen (secondary N) is 1. The molecule has 3 aromatic rings. The number of H-pyrrole nitrogens is 1. The average molecular weight is 335 g/mol. The van der Waals surface area contributed by atoms with Crippen LogP contribution in [0.4, 0.5) is 5.69 Å². The summed E-state index contributed by atoms with van der Waals surface area (Å²) in [5.74, 6) is 0. The monoisotopic (exact) mass is 335 g/mol. The van der Waals surface area contributed by atoms with Crippen molar-refractivity contribution in [1.82, 2.24) is 9.78 Å². The number of aromatic amines is 1. The lowest BCUT2D eigenvalue weighted by Crippen LogP contribution is -2.33. The molecule has 1 heterocycles. The third-order valence-electron chi connectivity index (χ3n) is 4.15. The van der Waals surface area contributed by atoms with Crippen LogP contribution < -0.4 is 16.1 Å². The lowest BCUT2D eigenvalue weighted by atomic mass is 10.1. The van der Waals surface area contributed by atoms with Crippen LogP contribution in [0.2, 0.25) is 0 Å². The highest BCUT2D eigenvalue weighted by Gasteiger charge is 2.08. The van der Waals surface area contributed by atoms with Crippen LogP contribution in [-0.4, -0.2) is 14.7 Å². The van der Waals surface area contributed by atoms with Crippen LogP contribution >= 0.6 is 0 Å². The zero-order valence-electron chi connectivity index (χ0n) is 13.9. The van der Waals surface area contributed by atoms with Gasteiger partial charge in [-0.05, 0) is 48.7 Å². The van der Waals surface area contributed by atoms with E-state index in [1.54, 1.807) is 18.2 Å². The molecule has 3 rings (SSSR count). The van der Waals surface area contributed by atoms with Crippen molar-refractivity contribution in [3.8, 4) is 5.69 Å². The third kappa shape index (κ3) is 3.14. The van der Waals surface area contributed by atoms with Gasteiger partial charge >= 0.3 is 0 Å². The molecule has 0 aliphatic carbocycles. The maximum Gasteiger partial charge on any atom is 0.279 e. The Morgan fingerprint density at radius 1 is 1.16 bits per heavy atom. The molecule has 0 unspecified atom stereocenters. The molecule has 6 nitrogen and oxygen atoms in total. The van der Waals surface area contributed by atoms with Crippen LogP contribution in [-0.2, 0) is 0 Å². The summed E-state index contributed by atoms with van der Waals surface area (Å²) in [5, 5.41) is 14.7. The van der Waals surface area contributed by atoms with Crippen molar-refractivity contribution in [3.05, 3.63) is 90.2 Å². The normalized spacial score (nSPS) is 11.7. The Balaban J connectivity index is 2.16. The highest BCUT2D eigenvalue weighted by atomic mass is 16.6. The summed E-state index contributed by atoms with van der Waals surface area (Å²) in [4.78, 5) is 23.2. The summed E-state index contributed by atoms with van der Waals surface area (Å²) in [6.45, 7) is 7.86. The Bertz CT molecular complexity index is 1140. The number of benzene rings is 2. The second kappa shape index (κ2) is 6.24. The van der Waals surface area contributed by atoms with Crippen LogP contribution in [0.3, 0.4) is 0 Å². The minimum Gasteiger partial charge on any atom is -0.291 e. The zero-order valence-corrected chi connectivity index (χ0v) is 13.9. The van der Waals surface area contributed by atoms with Gasteiger partial charge in [0.15, 0.2) is 0 Å². The summed E-state index contributed by atoms with van der Waals surface area (Å²) in [6.07, 6.45) is 1.60. The van der Waals surface area contributed by atoms with E-state index >= 15 is 0 Å². The predicted octanol–water partition coefficient (Wildman–Crippen LogP) is 1.93. The van der Waals surface area contributed by atoms with Gasteiger partial charge in [-0.25, -0.2) is 4.68 Å². The number of rotatable bonds is 3. The molecular weight excluding hydrogens is 318 g/mol. The maximum atomic E-state index is 12.7. The Kier molecular flexibility index (Phi) is 4.10. The van der Waals surface area contributed by atoms with E-state index in [-0.39, 0.29) is 11.2 Å². The summed E-state index contributed by atoms with van der Waals surface area (Å²) in [6, 6.07) is 11.9. The van der Waals surface area contributed by atoms with Crippen molar-refractivity contribution in [2.75, 3.05) is 0 Å². The molecule has 0 radical (unpaired) electrons. The smallest absolute Gasteiger partial charge is 0.279 e. The van der Waals surface area contributed by atoms with Crippen LogP contribution in [0, 0.1) is 24.0 Å². The highest BCUT2D eigenvalue weighted by molar-refractivity contribution is 5.53. The van der Waals surface area contributed by atoms with Gasteiger partial charge in [0.05, 0.1) is 21.2 Å². The largest absolute Gasteiger partial charge is 0.291 e. The second-order valence-electron chi connectivity index (χ2n) is 5.91. The zero-order chi connectivity index (χ0) is 18.1. The van der Waals surface area contributed by atoms with Gasteiger partial charge < -0.3 is 0 Å². The van der Waals surface area contributed by atoms with E-state index in [1.165, 1.54) is 16.8 Å². The fourth-order valence-electron chi connectivity index (χ4n) is 2.59. The summed E-state index contributed by atoms with van der Waals surface area (Å²) in [5.41, 5.74) is 3.23. The molecule has 0 fully saturated rings. The first kappa shape index (κ1) is 16.4. The summed E-state index contributed by atoms with van der Waals surface area (Å²) in [7, 11) is 0. The van der Waals surface area contributed by atoms with Gasteiger partial charge in [-0.15, -0.1) is 0 Å². The molecule has 2 aromatic carbocycles. The first-order valence-electron chi connectivity index (χ1n) is 7.70. The van der Waals surface area contributed by atoms with Gasteiger partial charge in [0, 0.05) is 12.1 Å². The number of hydrogen-bond acceptors (Lipinski definition) is 3. The van der Waals surface area contributed by atoms with Crippen molar-refractivity contribution in [2.45, 2.75) is 13.8 Å². The molecule has 6 heteroatoms. The average Bonchev–Trinajstić information content (AvgIpc) is 2.86. The molecule has 0 amide bonds. The van der Waals surface area contributed by atoms with Crippen molar-refractivity contribution in [3.63, 3.8) is 0 Å². The second-order valence-corrected chi connectivity index (χ2v) is 5.91. The van der Waals surface area contributed by atoms with Crippen LogP contribution in [0.15, 0.2) is 47.3 Å². The van der Waals surface area contributed by atoms with Crippen LogP contribution in [0.5, 0.6) is 0 Å². The van der Waals surface area contributed by atoms with E-state index in [9.17, 15) is 14.9 Å². The van der Waals surface area contributed by atoms with Gasteiger partial charge in [0.1, 0.15) is 0 Å². The molecule has 0 saturated heterocycles. The standard InChI is InChI=1S/C19H17N3O3/c1-12-7-8-16(9-13(12)2)21-19(23)18(14(3)20-21)11-15-5-4-6-17(10-15)22(24)25/h4-11,20H,3H2,1-2H3. The first-order chi connectivity index (χ1) is 11.9. The molecular formula is C19H17N3O3. The lowest BCUT2D eigenvalue weighted by Gasteiger charge is -2.04. The number of aryl methyl sites for hydroxylation is 2. The van der Waals surface area contributed by atoms with E-state index in [0.717, 1.165) is 16.8 Å². The molecule has 0 aliphatic heterocycles. The lowest BCUT2D eigenvalue weighted by molar-refractivity contribution is -0.384. The molecule has 1 aromatic heterocycles. The highest BCUT2D eigenvalue weighted by Crippen LogP contribution is 2.13. The van der Waals surface area contributed by atoms with Gasteiger partial charge in [-0.1, -0.05) is 24.8 Å². The molecule has 0 bridgehead atoms. The van der Waals surface area contributed by atoms with E-state index < -0.39 is 4.92 Å². The Morgan fingerprint density at radius 2 is 1.92 bits per heavy atom.